The number of hydrogen-bond acceptors (Lipinski definition) is 7. The van der Waals surface area contributed by atoms with Crippen LogP contribution in [-0.2, 0) is 19.2 Å². The van der Waals surface area contributed by atoms with E-state index in [2.05, 4.69) is 28.6 Å². The Morgan fingerprint density at radius 1 is 1.00 bits per heavy atom. The first kappa shape index (κ1) is 24.1. The van der Waals surface area contributed by atoms with Crippen LogP contribution >= 0.6 is 12.6 Å². The van der Waals surface area contributed by atoms with Gasteiger partial charge in [-0.1, -0.05) is 13.8 Å². The van der Waals surface area contributed by atoms with Gasteiger partial charge in [0.1, 0.15) is 18.1 Å². The van der Waals surface area contributed by atoms with E-state index in [1.807, 2.05) is 13.8 Å². The van der Waals surface area contributed by atoms with Crippen molar-refractivity contribution in [1.29, 1.82) is 0 Å². The molecule has 26 heavy (non-hydrogen) atoms. The minimum absolute atomic E-state index is 0.0338. The minimum Gasteiger partial charge on any atom is -0.480 e. The fourth-order valence-electron chi connectivity index (χ4n) is 2.06. The zero-order chi connectivity index (χ0) is 20.4. The molecule has 150 valence electrons. The number of hydrogen-bond donors (Lipinski definition) is 7. The van der Waals surface area contributed by atoms with Gasteiger partial charge in [0, 0.05) is 5.75 Å². The summed E-state index contributed by atoms with van der Waals surface area (Å²) in [6, 6.07) is -3.56. The first-order valence-corrected chi connectivity index (χ1v) is 8.78. The van der Waals surface area contributed by atoms with Crippen LogP contribution in [0.25, 0.3) is 0 Å². The van der Waals surface area contributed by atoms with Crippen molar-refractivity contribution in [2.75, 3.05) is 12.3 Å². The van der Waals surface area contributed by atoms with E-state index >= 15 is 0 Å². The van der Waals surface area contributed by atoms with Gasteiger partial charge in [0.15, 0.2) is 0 Å². The predicted octanol–water partition coefficient (Wildman–Crippen LogP) is -2.16. The molecular weight excluding hydrogens is 364 g/mol. The largest absolute Gasteiger partial charge is 0.480 e. The van der Waals surface area contributed by atoms with Crippen LogP contribution in [0.2, 0.25) is 0 Å². The number of rotatable bonds is 11. The van der Waals surface area contributed by atoms with E-state index in [9.17, 15) is 29.4 Å². The van der Waals surface area contributed by atoms with Gasteiger partial charge in [-0.2, -0.15) is 12.6 Å². The lowest BCUT2D eigenvalue weighted by Gasteiger charge is -2.25. The lowest BCUT2D eigenvalue weighted by molar-refractivity contribution is -0.142. The molecule has 7 N–H and O–H groups in total. The SMILES string of the molecule is CC(C)CC(NC(=O)C(CS)NC(=O)C(NC(=O)CN)C(C)O)C(=O)O. The molecule has 0 aromatic rings. The molecule has 0 rings (SSSR count). The molecule has 4 unspecified atom stereocenters. The van der Waals surface area contributed by atoms with Crippen molar-refractivity contribution in [2.45, 2.75) is 51.4 Å². The van der Waals surface area contributed by atoms with Gasteiger partial charge in [-0.15, -0.1) is 0 Å². The topological polar surface area (TPSA) is 171 Å². The summed E-state index contributed by atoms with van der Waals surface area (Å²) in [5, 5.41) is 25.8. The van der Waals surface area contributed by atoms with Crippen LogP contribution in [0.15, 0.2) is 0 Å². The fourth-order valence-corrected chi connectivity index (χ4v) is 2.32. The van der Waals surface area contributed by atoms with Gasteiger partial charge in [-0.05, 0) is 19.3 Å². The summed E-state index contributed by atoms with van der Waals surface area (Å²) in [5.41, 5.74) is 5.16. The Kier molecular flexibility index (Phi) is 10.9. The molecule has 0 saturated carbocycles. The highest BCUT2D eigenvalue weighted by atomic mass is 32.1. The number of carbonyl (C=O) groups excluding carboxylic acids is 3. The van der Waals surface area contributed by atoms with Crippen molar-refractivity contribution < 1.29 is 29.4 Å². The van der Waals surface area contributed by atoms with E-state index in [-0.39, 0.29) is 24.6 Å². The zero-order valence-corrected chi connectivity index (χ0v) is 16.0. The highest BCUT2D eigenvalue weighted by Crippen LogP contribution is 2.06. The normalized spacial score (nSPS) is 15.5. The Morgan fingerprint density at radius 2 is 1.54 bits per heavy atom. The van der Waals surface area contributed by atoms with Gasteiger partial charge >= 0.3 is 5.97 Å². The molecule has 10 nitrogen and oxygen atoms in total. The average molecular weight is 392 g/mol. The first-order valence-electron chi connectivity index (χ1n) is 8.15. The number of aliphatic hydroxyl groups excluding tert-OH is 1. The number of thiol groups is 1. The number of nitrogens with one attached hydrogen (secondary N) is 3. The molecule has 0 aliphatic carbocycles. The summed E-state index contributed by atoms with van der Waals surface area (Å²) < 4.78 is 0. The molecule has 0 saturated heterocycles. The summed E-state index contributed by atoms with van der Waals surface area (Å²) in [5.74, 6) is -3.45. The number of carboxylic acids is 1. The van der Waals surface area contributed by atoms with Crippen LogP contribution < -0.4 is 21.7 Å². The van der Waals surface area contributed by atoms with E-state index in [0.717, 1.165) is 0 Å². The van der Waals surface area contributed by atoms with Crippen molar-refractivity contribution in [3.8, 4) is 0 Å². The number of nitrogens with two attached hydrogens (primary N) is 1. The Morgan fingerprint density at radius 3 is 1.92 bits per heavy atom. The predicted molar refractivity (Wildman–Crippen MR) is 97.5 cm³/mol. The number of carboxylic acid groups (broad SMARTS) is 1. The van der Waals surface area contributed by atoms with Gasteiger partial charge in [0.2, 0.25) is 17.7 Å². The molecule has 0 aromatic heterocycles. The van der Waals surface area contributed by atoms with E-state index in [1.54, 1.807) is 0 Å². The van der Waals surface area contributed by atoms with Crippen molar-refractivity contribution in [3.63, 3.8) is 0 Å². The van der Waals surface area contributed by atoms with Crippen LogP contribution in [0.5, 0.6) is 0 Å². The molecule has 0 heterocycles. The minimum atomic E-state index is -1.31. The number of carbonyl (C=O) groups is 4. The summed E-state index contributed by atoms with van der Waals surface area (Å²) in [6.07, 6.45) is -1.01. The molecule has 11 heteroatoms. The molecule has 3 amide bonds. The highest BCUT2D eigenvalue weighted by molar-refractivity contribution is 7.80. The maximum atomic E-state index is 12.3. The van der Waals surface area contributed by atoms with Crippen LogP contribution in [0, 0.1) is 5.92 Å². The molecule has 4 atom stereocenters. The molecule has 0 aliphatic rings. The van der Waals surface area contributed by atoms with Crippen molar-refractivity contribution in [3.05, 3.63) is 0 Å². The van der Waals surface area contributed by atoms with Gasteiger partial charge in [0.05, 0.1) is 12.6 Å². The maximum absolute atomic E-state index is 12.3. The molecule has 0 aliphatic heterocycles. The quantitative estimate of drug-likeness (QED) is 0.196. The summed E-state index contributed by atoms with van der Waals surface area (Å²) in [4.78, 5) is 47.1. The third-order valence-electron chi connectivity index (χ3n) is 3.40. The smallest absolute Gasteiger partial charge is 0.326 e. The number of amides is 3. The molecule has 0 fully saturated rings. The third-order valence-corrected chi connectivity index (χ3v) is 3.77. The van der Waals surface area contributed by atoms with E-state index in [0.29, 0.717) is 0 Å². The van der Waals surface area contributed by atoms with Crippen LogP contribution in [-0.4, -0.2) is 70.4 Å². The lowest BCUT2D eigenvalue weighted by atomic mass is 10.0. The van der Waals surface area contributed by atoms with Crippen molar-refractivity contribution in [1.82, 2.24) is 16.0 Å². The molecular formula is C15H28N4O6S. The van der Waals surface area contributed by atoms with E-state index in [4.69, 9.17) is 5.73 Å². The summed E-state index contributed by atoms with van der Waals surface area (Å²) in [6.45, 7) is 4.54. The van der Waals surface area contributed by atoms with Gasteiger partial charge in [-0.3, -0.25) is 14.4 Å². The average Bonchev–Trinajstić information content (AvgIpc) is 2.55. The van der Waals surface area contributed by atoms with Crippen LogP contribution in [0.1, 0.15) is 27.2 Å². The Balaban J connectivity index is 5.03. The second-order valence-electron chi connectivity index (χ2n) is 6.26. The zero-order valence-electron chi connectivity index (χ0n) is 15.1. The first-order chi connectivity index (χ1) is 12.0. The van der Waals surface area contributed by atoms with E-state index < -0.39 is 47.9 Å². The van der Waals surface area contributed by atoms with Crippen LogP contribution in [0.3, 0.4) is 0 Å². The Bertz CT molecular complexity index is 514. The fraction of sp³-hybridized carbons (Fsp3) is 0.733. The molecule has 0 bridgehead atoms. The maximum Gasteiger partial charge on any atom is 0.326 e. The number of aliphatic carboxylic acids is 1. The highest BCUT2D eigenvalue weighted by Gasteiger charge is 2.30. The Hall–Kier alpha value is -1.85. The Labute approximate surface area is 157 Å². The van der Waals surface area contributed by atoms with Crippen molar-refractivity contribution in [2.24, 2.45) is 11.7 Å². The standard InChI is InChI=1S/C15H28N4O6S/c1-7(2)4-9(15(24)25)17-13(22)10(6-26)18-14(23)12(8(3)20)19-11(21)5-16/h7-10,12,20,26H,4-6,16H2,1-3H3,(H,17,22)(H,18,23)(H,19,21)(H,24,25). The monoisotopic (exact) mass is 392 g/mol. The lowest BCUT2D eigenvalue weighted by Crippen LogP contribution is -2.59. The number of aliphatic hydroxyl groups is 1. The second kappa shape index (κ2) is 11.7. The second-order valence-corrected chi connectivity index (χ2v) is 6.63. The molecule has 0 aromatic carbocycles. The van der Waals surface area contributed by atoms with Crippen LogP contribution in [0.4, 0.5) is 0 Å². The summed E-state index contributed by atoms with van der Waals surface area (Å²) >= 11 is 3.99. The van der Waals surface area contributed by atoms with Gasteiger partial charge in [0.25, 0.3) is 0 Å². The van der Waals surface area contributed by atoms with E-state index in [1.165, 1.54) is 6.92 Å². The third kappa shape index (κ3) is 8.50. The summed E-state index contributed by atoms with van der Waals surface area (Å²) in [7, 11) is 0. The molecule has 0 radical (unpaired) electrons. The van der Waals surface area contributed by atoms with Crippen molar-refractivity contribution >= 4 is 36.3 Å². The van der Waals surface area contributed by atoms with Gasteiger partial charge in [-0.25, -0.2) is 4.79 Å². The van der Waals surface area contributed by atoms with Gasteiger partial charge < -0.3 is 31.9 Å². The molecule has 0 spiro atoms.